The molecule has 128 valence electrons. The van der Waals surface area contributed by atoms with E-state index in [9.17, 15) is 4.79 Å². The molecule has 2 amide bonds. The molecule has 3 N–H and O–H groups in total. The Morgan fingerprint density at radius 3 is 2.67 bits per heavy atom. The molecule has 1 heterocycles. The van der Waals surface area contributed by atoms with Crippen molar-refractivity contribution in [3.8, 4) is 0 Å². The van der Waals surface area contributed by atoms with Crippen LogP contribution >= 0.6 is 0 Å². The SMILES string of the molecule is Cc1cc(N(C)C)cc(C)c1NC(=O)N[C@@H]1CCc2[nH]ncc2C1. The highest BCUT2D eigenvalue weighted by Gasteiger charge is 2.22. The van der Waals surface area contributed by atoms with Gasteiger partial charge < -0.3 is 15.5 Å². The van der Waals surface area contributed by atoms with Gasteiger partial charge in [0.05, 0.1) is 6.20 Å². The molecule has 6 nitrogen and oxygen atoms in total. The Balaban J connectivity index is 1.65. The number of nitrogens with zero attached hydrogens (tertiary/aromatic N) is 2. The number of hydrogen-bond acceptors (Lipinski definition) is 3. The molecule has 0 fully saturated rings. The van der Waals surface area contributed by atoms with Crippen molar-refractivity contribution in [2.45, 2.75) is 39.2 Å². The summed E-state index contributed by atoms with van der Waals surface area (Å²) in [6, 6.07) is 4.18. The number of urea groups is 1. The van der Waals surface area contributed by atoms with Crippen molar-refractivity contribution in [3.63, 3.8) is 0 Å². The zero-order valence-corrected chi connectivity index (χ0v) is 14.7. The second-order valence-corrected chi connectivity index (χ2v) is 6.76. The van der Waals surface area contributed by atoms with Crippen molar-refractivity contribution < 1.29 is 4.79 Å². The second-order valence-electron chi connectivity index (χ2n) is 6.76. The third kappa shape index (κ3) is 3.37. The van der Waals surface area contributed by atoms with Crippen LogP contribution < -0.4 is 15.5 Å². The van der Waals surface area contributed by atoms with Gasteiger partial charge in [-0.25, -0.2) is 4.79 Å². The fraction of sp³-hybridized carbons (Fsp3) is 0.444. The predicted molar refractivity (Wildman–Crippen MR) is 96.8 cm³/mol. The Labute approximate surface area is 142 Å². The molecule has 1 aliphatic rings. The number of H-pyrrole nitrogens is 1. The summed E-state index contributed by atoms with van der Waals surface area (Å²) in [6.07, 6.45) is 4.54. The fourth-order valence-electron chi connectivity index (χ4n) is 3.27. The lowest BCUT2D eigenvalue weighted by atomic mass is 9.94. The average Bonchev–Trinajstić information content (AvgIpc) is 2.98. The first kappa shape index (κ1) is 16.4. The van der Waals surface area contributed by atoms with E-state index in [1.54, 1.807) is 0 Å². The summed E-state index contributed by atoms with van der Waals surface area (Å²) in [6.45, 7) is 4.04. The number of carbonyl (C=O) groups is 1. The van der Waals surface area contributed by atoms with E-state index >= 15 is 0 Å². The molecule has 2 aromatic rings. The number of amides is 2. The van der Waals surface area contributed by atoms with Crippen LogP contribution in [-0.4, -0.2) is 36.4 Å². The van der Waals surface area contributed by atoms with Gasteiger partial charge in [-0.2, -0.15) is 5.10 Å². The molecule has 0 unspecified atom stereocenters. The van der Waals surface area contributed by atoms with Crippen LogP contribution in [0.2, 0.25) is 0 Å². The minimum Gasteiger partial charge on any atom is -0.378 e. The molecule has 0 bridgehead atoms. The van der Waals surface area contributed by atoms with E-state index in [-0.39, 0.29) is 12.1 Å². The van der Waals surface area contributed by atoms with Gasteiger partial charge in [0.2, 0.25) is 0 Å². The molecule has 24 heavy (non-hydrogen) atoms. The first-order chi connectivity index (χ1) is 11.4. The number of rotatable bonds is 3. The maximum Gasteiger partial charge on any atom is 0.319 e. The third-order valence-corrected chi connectivity index (χ3v) is 4.62. The quantitative estimate of drug-likeness (QED) is 0.811. The second kappa shape index (κ2) is 6.55. The van der Waals surface area contributed by atoms with E-state index in [1.807, 2.05) is 34.1 Å². The minimum atomic E-state index is -0.143. The molecule has 1 atom stereocenters. The van der Waals surface area contributed by atoms with Crippen LogP contribution in [-0.2, 0) is 12.8 Å². The Morgan fingerprint density at radius 2 is 2.00 bits per heavy atom. The van der Waals surface area contributed by atoms with Crippen LogP contribution in [0.15, 0.2) is 18.3 Å². The van der Waals surface area contributed by atoms with Crippen LogP contribution in [0, 0.1) is 13.8 Å². The number of benzene rings is 1. The molecule has 6 heteroatoms. The zero-order chi connectivity index (χ0) is 17.3. The van der Waals surface area contributed by atoms with Gasteiger partial charge in [-0.05, 0) is 61.9 Å². The number of hydrogen-bond donors (Lipinski definition) is 3. The van der Waals surface area contributed by atoms with Crippen molar-refractivity contribution in [1.29, 1.82) is 0 Å². The molecule has 0 spiro atoms. The zero-order valence-electron chi connectivity index (χ0n) is 14.7. The van der Waals surface area contributed by atoms with E-state index in [0.29, 0.717) is 0 Å². The number of nitrogens with one attached hydrogen (secondary N) is 3. The van der Waals surface area contributed by atoms with Crippen LogP contribution in [0.25, 0.3) is 0 Å². The molecule has 0 radical (unpaired) electrons. The summed E-state index contributed by atoms with van der Waals surface area (Å²) in [4.78, 5) is 14.5. The molecular weight excluding hydrogens is 302 g/mol. The number of aryl methyl sites for hydroxylation is 3. The van der Waals surface area contributed by atoms with Crippen LogP contribution in [0.4, 0.5) is 16.2 Å². The van der Waals surface area contributed by atoms with Gasteiger partial charge in [0.15, 0.2) is 0 Å². The molecule has 3 rings (SSSR count). The maximum atomic E-state index is 12.4. The van der Waals surface area contributed by atoms with Gasteiger partial charge >= 0.3 is 6.03 Å². The number of anilines is 2. The van der Waals surface area contributed by atoms with E-state index in [2.05, 4.69) is 37.9 Å². The Hall–Kier alpha value is -2.50. The van der Waals surface area contributed by atoms with E-state index in [4.69, 9.17) is 0 Å². The van der Waals surface area contributed by atoms with E-state index in [0.717, 1.165) is 41.8 Å². The summed E-state index contributed by atoms with van der Waals surface area (Å²) >= 11 is 0. The lowest BCUT2D eigenvalue weighted by Gasteiger charge is -2.24. The smallest absolute Gasteiger partial charge is 0.319 e. The summed E-state index contributed by atoms with van der Waals surface area (Å²) in [5, 5.41) is 13.2. The van der Waals surface area contributed by atoms with Crippen molar-refractivity contribution in [2.75, 3.05) is 24.3 Å². The van der Waals surface area contributed by atoms with E-state index in [1.165, 1.54) is 11.3 Å². The first-order valence-corrected chi connectivity index (χ1v) is 8.31. The highest BCUT2D eigenvalue weighted by Crippen LogP contribution is 2.26. The van der Waals surface area contributed by atoms with Crippen molar-refractivity contribution in [2.24, 2.45) is 0 Å². The third-order valence-electron chi connectivity index (χ3n) is 4.62. The van der Waals surface area contributed by atoms with E-state index < -0.39 is 0 Å². The molecule has 0 saturated carbocycles. The molecule has 1 aromatic carbocycles. The molecular formula is C18H25N5O. The first-order valence-electron chi connectivity index (χ1n) is 8.31. The Morgan fingerprint density at radius 1 is 1.29 bits per heavy atom. The number of aromatic nitrogens is 2. The highest BCUT2D eigenvalue weighted by atomic mass is 16.2. The monoisotopic (exact) mass is 327 g/mol. The highest BCUT2D eigenvalue weighted by molar-refractivity contribution is 5.91. The van der Waals surface area contributed by atoms with Gasteiger partial charge in [-0.3, -0.25) is 5.10 Å². The summed E-state index contributed by atoms with van der Waals surface area (Å²) in [7, 11) is 4.03. The molecule has 0 aliphatic heterocycles. The minimum absolute atomic E-state index is 0.143. The van der Waals surface area contributed by atoms with Gasteiger partial charge in [0, 0.05) is 37.2 Å². The van der Waals surface area contributed by atoms with Gasteiger partial charge in [-0.1, -0.05) is 0 Å². The van der Waals surface area contributed by atoms with Crippen LogP contribution in [0.5, 0.6) is 0 Å². The van der Waals surface area contributed by atoms with Crippen molar-refractivity contribution in [1.82, 2.24) is 15.5 Å². The lowest BCUT2D eigenvalue weighted by Crippen LogP contribution is -2.41. The lowest BCUT2D eigenvalue weighted by molar-refractivity contribution is 0.247. The van der Waals surface area contributed by atoms with Crippen molar-refractivity contribution in [3.05, 3.63) is 40.7 Å². The Kier molecular flexibility index (Phi) is 4.46. The number of aromatic amines is 1. The topological polar surface area (TPSA) is 73.1 Å². The molecule has 0 saturated heterocycles. The van der Waals surface area contributed by atoms with Gasteiger partial charge in [-0.15, -0.1) is 0 Å². The fourth-order valence-corrected chi connectivity index (χ4v) is 3.27. The number of carbonyl (C=O) groups excluding carboxylic acids is 1. The normalized spacial score (nSPS) is 16.4. The number of fused-ring (bicyclic) bond motifs is 1. The van der Waals surface area contributed by atoms with Gasteiger partial charge in [0.25, 0.3) is 0 Å². The summed E-state index contributed by atoms with van der Waals surface area (Å²) in [5.41, 5.74) is 6.55. The van der Waals surface area contributed by atoms with Crippen LogP contribution in [0.1, 0.15) is 28.8 Å². The predicted octanol–water partition coefficient (Wildman–Crippen LogP) is 2.77. The molecule has 1 aromatic heterocycles. The average molecular weight is 327 g/mol. The molecule has 1 aliphatic carbocycles. The standard InChI is InChI=1S/C18H25N5O/c1-11-7-15(23(3)4)8-12(2)17(11)21-18(24)20-14-5-6-16-13(9-14)10-19-22-16/h7-8,10,14H,5-6,9H2,1-4H3,(H,19,22)(H2,20,21,24)/t14-/m1/s1. The summed E-state index contributed by atoms with van der Waals surface area (Å²) < 4.78 is 0. The Bertz CT molecular complexity index is 727. The van der Waals surface area contributed by atoms with Crippen molar-refractivity contribution >= 4 is 17.4 Å². The summed E-state index contributed by atoms with van der Waals surface area (Å²) in [5.74, 6) is 0. The van der Waals surface area contributed by atoms with Crippen LogP contribution in [0.3, 0.4) is 0 Å². The van der Waals surface area contributed by atoms with Gasteiger partial charge in [0.1, 0.15) is 0 Å². The maximum absolute atomic E-state index is 12.4. The largest absolute Gasteiger partial charge is 0.378 e.